The van der Waals surface area contributed by atoms with Gasteiger partial charge in [0, 0.05) is 11.3 Å². The molecule has 0 aliphatic heterocycles. The van der Waals surface area contributed by atoms with Crippen molar-refractivity contribution in [3.05, 3.63) is 66.4 Å². The Morgan fingerprint density at radius 2 is 1.65 bits per heavy atom. The molecule has 0 saturated carbocycles. The maximum Gasteiger partial charge on any atom is 0.118 e. The van der Waals surface area contributed by atoms with E-state index in [1.165, 1.54) is 0 Å². The molecule has 0 amide bonds. The molecule has 0 aliphatic rings. The van der Waals surface area contributed by atoms with E-state index >= 15 is 0 Å². The normalized spacial score (nSPS) is 10.5. The third-order valence-electron chi connectivity index (χ3n) is 3.27. The molecule has 0 radical (unpaired) electrons. The molecule has 0 N–H and O–H groups in total. The predicted octanol–water partition coefficient (Wildman–Crippen LogP) is 3.86. The van der Waals surface area contributed by atoms with Crippen molar-refractivity contribution < 1.29 is 4.74 Å². The molecule has 0 bridgehead atoms. The molecule has 0 saturated heterocycles. The van der Waals surface area contributed by atoms with Crippen LogP contribution in [0.15, 0.2) is 60.7 Å². The van der Waals surface area contributed by atoms with Crippen molar-refractivity contribution in [1.82, 2.24) is 9.78 Å². The van der Waals surface area contributed by atoms with Crippen LogP contribution < -0.4 is 4.74 Å². The molecule has 2 aromatic carbocycles. The lowest BCUT2D eigenvalue weighted by Gasteiger charge is -2.03. The molecule has 3 nitrogen and oxygen atoms in total. The van der Waals surface area contributed by atoms with E-state index in [-0.39, 0.29) is 0 Å². The summed E-state index contributed by atoms with van der Waals surface area (Å²) in [6.45, 7) is 2.06. The van der Waals surface area contributed by atoms with Crippen molar-refractivity contribution >= 4 is 0 Å². The smallest absolute Gasteiger partial charge is 0.118 e. The van der Waals surface area contributed by atoms with Crippen LogP contribution in [0, 0.1) is 6.92 Å². The molecule has 0 aliphatic carbocycles. The van der Waals surface area contributed by atoms with Crippen LogP contribution in [0.4, 0.5) is 0 Å². The first-order chi connectivity index (χ1) is 9.78. The lowest BCUT2D eigenvalue weighted by Crippen LogP contribution is -1.98. The summed E-state index contributed by atoms with van der Waals surface area (Å²) in [5.74, 6) is 0.855. The summed E-state index contributed by atoms with van der Waals surface area (Å²) in [4.78, 5) is 0. The summed E-state index contributed by atoms with van der Waals surface area (Å²) in [5.41, 5.74) is 4.24. The van der Waals surface area contributed by atoms with Crippen LogP contribution in [-0.4, -0.2) is 16.9 Å². The number of hydrogen-bond donors (Lipinski definition) is 0. The van der Waals surface area contributed by atoms with Gasteiger partial charge >= 0.3 is 0 Å². The fraction of sp³-hybridized carbons (Fsp3) is 0.118. The molecule has 0 unspecified atom stereocenters. The minimum Gasteiger partial charge on any atom is -0.497 e. The van der Waals surface area contributed by atoms with E-state index in [9.17, 15) is 0 Å². The van der Waals surface area contributed by atoms with E-state index in [4.69, 9.17) is 4.74 Å². The van der Waals surface area contributed by atoms with Gasteiger partial charge in [-0.1, -0.05) is 18.2 Å². The summed E-state index contributed by atoms with van der Waals surface area (Å²) < 4.78 is 7.14. The third-order valence-corrected chi connectivity index (χ3v) is 3.27. The van der Waals surface area contributed by atoms with Crippen LogP contribution in [0.5, 0.6) is 5.75 Å². The Hall–Kier alpha value is -2.55. The van der Waals surface area contributed by atoms with Gasteiger partial charge < -0.3 is 4.74 Å². The number of ether oxygens (including phenoxy) is 1. The van der Waals surface area contributed by atoms with Crippen molar-refractivity contribution in [2.75, 3.05) is 7.11 Å². The molecular formula is C17H16N2O. The van der Waals surface area contributed by atoms with Gasteiger partial charge in [-0.3, -0.25) is 0 Å². The number of methoxy groups -OCH3 is 1. The molecule has 1 aromatic heterocycles. The molecular weight excluding hydrogens is 248 g/mol. The number of aryl methyl sites for hydroxylation is 1. The monoisotopic (exact) mass is 264 g/mol. The van der Waals surface area contributed by atoms with Gasteiger partial charge in [0.05, 0.1) is 18.5 Å². The molecule has 3 aromatic rings. The largest absolute Gasteiger partial charge is 0.497 e. The van der Waals surface area contributed by atoms with E-state index in [1.807, 2.05) is 47.1 Å². The van der Waals surface area contributed by atoms with Crippen molar-refractivity contribution in [1.29, 1.82) is 0 Å². The molecule has 3 rings (SSSR count). The van der Waals surface area contributed by atoms with Crippen LogP contribution in [0.3, 0.4) is 0 Å². The first kappa shape index (κ1) is 12.5. The quantitative estimate of drug-likeness (QED) is 0.718. The third kappa shape index (κ3) is 2.30. The van der Waals surface area contributed by atoms with Crippen LogP contribution in [0.1, 0.15) is 5.69 Å². The molecule has 0 fully saturated rings. The first-order valence-corrected chi connectivity index (χ1v) is 6.54. The molecule has 0 spiro atoms. The average molecular weight is 264 g/mol. The van der Waals surface area contributed by atoms with Gasteiger partial charge in [-0.2, -0.15) is 5.10 Å². The van der Waals surface area contributed by atoms with Crippen molar-refractivity contribution in [2.24, 2.45) is 0 Å². The fourth-order valence-electron chi connectivity index (χ4n) is 2.21. The Bertz CT molecular complexity index is 700. The zero-order valence-electron chi connectivity index (χ0n) is 11.6. The summed E-state index contributed by atoms with van der Waals surface area (Å²) in [5, 5.41) is 4.68. The summed E-state index contributed by atoms with van der Waals surface area (Å²) in [6.07, 6.45) is 0. The van der Waals surface area contributed by atoms with E-state index in [2.05, 4.69) is 30.2 Å². The van der Waals surface area contributed by atoms with E-state index in [0.717, 1.165) is 28.4 Å². The summed E-state index contributed by atoms with van der Waals surface area (Å²) in [6, 6.07) is 20.2. The average Bonchev–Trinajstić information content (AvgIpc) is 2.90. The number of nitrogens with zero attached hydrogens (tertiary/aromatic N) is 2. The molecule has 3 heteroatoms. The van der Waals surface area contributed by atoms with Gasteiger partial charge in [0.2, 0.25) is 0 Å². The highest BCUT2D eigenvalue weighted by Crippen LogP contribution is 2.23. The maximum atomic E-state index is 5.18. The number of para-hydroxylation sites is 1. The SMILES string of the molecule is COc1ccc(-c2cc(C)n(-c3ccccc3)n2)cc1. The summed E-state index contributed by atoms with van der Waals surface area (Å²) in [7, 11) is 1.67. The van der Waals surface area contributed by atoms with E-state index < -0.39 is 0 Å². The predicted molar refractivity (Wildman–Crippen MR) is 80.3 cm³/mol. The Morgan fingerprint density at radius 1 is 0.950 bits per heavy atom. The lowest BCUT2D eigenvalue weighted by molar-refractivity contribution is 0.415. The number of aromatic nitrogens is 2. The molecule has 1 heterocycles. The minimum absolute atomic E-state index is 0.855. The number of benzene rings is 2. The second-order valence-electron chi connectivity index (χ2n) is 4.65. The van der Waals surface area contributed by atoms with Gasteiger partial charge in [-0.15, -0.1) is 0 Å². The van der Waals surface area contributed by atoms with Gasteiger partial charge in [0.1, 0.15) is 5.75 Å². The Kier molecular flexibility index (Phi) is 3.25. The highest BCUT2D eigenvalue weighted by atomic mass is 16.5. The Balaban J connectivity index is 2.00. The van der Waals surface area contributed by atoms with Crippen LogP contribution >= 0.6 is 0 Å². The van der Waals surface area contributed by atoms with Crippen LogP contribution in [0.25, 0.3) is 16.9 Å². The van der Waals surface area contributed by atoms with Crippen molar-refractivity contribution in [3.63, 3.8) is 0 Å². The van der Waals surface area contributed by atoms with Gasteiger partial charge in [0.15, 0.2) is 0 Å². The highest BCUT2D eigenvalue weighted by Gasteiger charge is 2.07. The first-order valence-electron chi connectivity index (χ1n) is 6.54. The second kappa shape index (κ2) is 5.21. The maximum absolute atomic E-state index is 5.18. The Labute approximate surface area is 118 Å². The highest BCUT2D eigenvalue weighted by molar-refractivity contribution is 5.61. The van der Waals surface area contributed by atoms with E-state index in [0.29, 0.717) is 0 Å². The molecule has 0 atom stereocenters. The van der Waals surface area contributed by atoms with Crippen LogP contribution in [-0.2, 0) is 0 Å². The standard InChI is InChI=1S/C17H16N2O/c1-13-12-17(14-8-10-16(20-2)11-9-14)18-19(13)15-6-4-3-5-7-15/h3-12H,1-2H3. The zero-order valence-corrected chi connectivity index (χ0v) is 11.6. The van der Waals surface area contributed by atoms with Crippen molar-refractivity contribution in [2.45, 2.75) is 6.92 Å². The lowest BCUT2D eigenvalue weighted by atomic mass is 10.1. The molecule has 20 heavy (non-hydrogen) atoms. The zero-order chi connectivity index (χ0) is 13.9. The number of rotatable bonds is 3. The topological polar surface area (TPSA) is 27.1 Å². The van der Waals surface area contributed by atoms with Gasteiger partial charge in [-0.25, -0.2) is 4.68 Å². The fourth-order valence-corrected chi connectivity index (χ4v) is 2.21. The summed E-state index contributed by atoms with van der Waals surface area (Å²) >= 11 is 0. The van der Waals surface area contributed by atoms with Crippen molar-refractivity contribution in [3.8, 4) is 22.7 Å². The molecule has 100 valence electrons. The second-order valence-corrected chi connectivity index (χ2v) is 4.65. The van der Waals surface area contributed by atoms with E-state index in [1.54, 1.807) is 7.11 Å². The Morgan fingerprint density at radius 3 is 2.30 bits per heavy atom. The van der Waals surface area contributed by atoms with Crippen LogP contribution in [0.2, 0.25) is 0 Å². The van der Waals surface area contributed by atoms with Gasteiger partial charge in [-0.05, 0) is 49.4 Å². The van der Waals surface area contributed by atoms with Gasteiger partial charge in [0.25, 0.3) is 0 Å². The minimum atomic E-state index is 0.855. The number of hydrogen-bond acceptors (Lipinski definition) is 2.